The van der Waals surface area contributed by atoms with Gasteiger partial charge in [-0.05, 0) is 36.4 Å². The number of ether oxygens (including phenoxy) is 3. The van der Waals surface area contributed by atoms with Crippen molar-refractivity contribution < 1.29 is 28.6 Å². The highest BCUT2D eigenvalue weighted by Gasteiger charge is 2.17. The predicted molar refractivity (Wildman–Crippen MR) is 98.4 cm³/mol. The van der Waals surface area contributed by atoms with Crippen LogP contribution >= 0.6 is 11.6 Å². The summed E-state index contributed by atoms with van der Waals surface area (Å²) in [5.41, 5.74) is 5.98. The molecule has 0 bridgehead atoms. The van der Waals surface area contributed by atoms with Crippen LogP contribution in [0.1, 0.15) is 20.7 Å². The fourth-order valence-corrected chi connectivity index (χ4v) is 2.45. The minimum atomic E-state index is -0.753. The number of carbonyl (C=O) groups is 3. The van der Waals surface area contributed by atoms with E-state index in [2.05, 4.69) is 5.32 Å². The Bertz CT molecular complexity index is 867. The Labute approximate surface area is 160 Å². The molecule has 0 saturated carbocycles. The quantitative estimate of drug-likeness (QED) is 0.698. The molecule has 0 radical (unpaired) electrons. The van der Waals surface area contributed by atoms with E-state index in [1.54, 1.807) is 0 Å². The summed E-state index contributed by atoms with van der Waals surface area (Å²) in [7, 11) is 2.82. The number of anilines is 1. The Balaban J connectivity index is 1.97. The van der Waals surface area contributed by atoms with E-state index < -0.39 is 24.4 Å². The SMILES string of the molecule is COc1cc(C(=O)OCC(=O)Nc2ccc(C(N)=O)cc2)cc(Cl)c1OC. The maximum Gasteiger partial charge on any atom is 0.338 e. The number of hydrogen-bond donors (Lipinski definition) is 2. The summed E-state index contributed by atoms with van der Waals surface area (Å²) < 4.78 is 15.2. The zero-order chi connectivity index (χ0) is 20.0. The van der Waals surface area contributed by atoms with Crippen LogP contribution in [-0.2, 0) is 9.53 Å². The minimum Gasteiger partial charge on any atom is -0.493 e. The molecule has 0 saturated heterocycles. The van der Waals surface area contributed by atoms with Crippen molar-refractivity contribution in [1.29, 1.82) is 0 Å². The molecule has 0 aromatic heterocycles. The molecule has 2 rings (SSSR count). The Morgan fingerprint density at radius 1 is 1.04 bits per heavy atom. The molecular formula is C18H17ClN2O6. The van der Waals surface area contributed by atoms with Crippen molar-refractivity contribution in [3.63, 3.8) is 0 Å². The standard InChI is InChI=1S/C18H17ClN2O6/c1-25-14-8-11(7-13(19)16(14)26-2)18(24)27-9-15(22)21-12-5-3-10(4-6-12)17(20)23/h3-8H,9H2,1-2H3,(H2,20,23)(H,21,22). The fourth-order valence-electron chi connectivity index (χ4n) is 2.17. The number of primary amides is 1. The molecule has 0 unspecified atom stereocenters. The molecule has 2 aromatic carbocycles. The van der Waals surface area contributed by atoms with Crippen molar-refractivity contribution >= 4 is 35.1 Å². The molecule has 27 heavy (non-hydrogen) atoms. The lowest BCUT2D eigenvalue weighted by Crippen LogP contribution is -2.21. The zero-order valence-electron chi connectivity index (χ0n) is 14.6. The van der Waals surface area contributed by atoms with E-state index in [1.807, 2.05) is 0 Å². The number of nitrogens with two attached hydrogens (primary N) is 1. The second-order valence-corrected chi connectivity index (χ2v) is 5.67. The third-order valence-electron chi connectivity index (χ3n) is 3.46. The molecule has 9 heteroatoms. The van der Waals surface area contributed by atoms with Crippen LogP contribution in [0.2, 0.25) is 5.02 Å². The molecular weight excluding hydrogens is 376 g/mol. The fraction of sp³-hybridized carbons (Fsp3) is 0.167. The second kappa shape index (κ2) is 8.91. The maximum absolute atomic E-state index is 12.1. The number of halogens is 1. The van der Waals surface area contributed by atoms with Crippen molar-refractivity contribution in [3.8, 4) is 11.5 Å². The molecule has 0 aliphatic heterocycles. The van der Waals surface area contributed by atoms with Crippen molar-refractivity contribution in [2.24, 2.45) is 5.73 Å². The van der Waals surface area contributed by atoms with Crippen LogP contribution in [0.15, 0.2) is 36.4 Å². The van der Waals surface area contributed by atoms with Crippen molar-refractivity contribution in [1.82, 2.24) is 0 Å². The van der Waals surface area contributed by atoms with Crippen molar-refractivity contribution in [2.45, 2.75) is 0 Å². The number of hydrogen-bond acceptors (Lipinski definition) is 6. The number of amides is 2. The molecule has 142 valence electrons. The van der Waals surface area contributed by atoms with Gasteiger partial charge < -0.3 is 25.3 Å². The summed E-state index contributed by atoms with van der Waals surface area (Å²) in [6.07, 6.45) is 0. The van der Waals surface area contributed by atoms with E-state index >= 15 is 0 Å². The summed E-state index contributed by atoms with van der Waals surface area (Å²) >= 11 is 6.04. The Morgan fingerprint density at radius 3 is 2.26 bits per heavy atom. The van der Waals surface area contributed by atoms with E-state index in [0.717, 1.165) is 0 Å². The highest BCUT2D eigenvalue weighted by Crippen LogP contribution is 2.36. The third kappa shape index (κ3) is 5.11. The first kappa shape index (κ1) is 20.1. The van der Waals surface area contributed by atoms with Crippen LogP contribution in [0.3, 0.4) is 0 Å². The number of benzene rings is 2. The van der Waals surface area contributed by atoms with Gasteiger partial charge in [0.05, 0.1) is 24.8 Å². The topological polar surface area (TPSA) is 117 Å². The number of nitrogens with one attached hydrogen (secondary N) is 1. The van der Waals surface area contributed by atoms with Crippen molar-refractivity contribution in [3.05, 3.63) is 52.5 Å². The molecule has 0 aliphatic rings. The Kier molecular flexibility index (Phi) is 6.62. The monoisotopic (exact) mass is 392 g/mol. The summed E-state index contributed by atoms with van der Waals surface area (Å²) in [5, 5.41) is 2.70. The Hall–Kier alpha value is -3.26. The first-order valence-electron chi connectivity index (χ1n) is 7.64. The van der Waals surface area contributed by atoms with Gasteiger partial charge in [-0.2, -0.15) is 0 Å². The van der Waals surface area contributed by atoms with Crippen LogP contribution in [0.4, 0.5) is 5.69 Å². The highest BCUT2D eigenvalue weighted by atomic mass is 35.5. The van der Waals surface area contributed by atoms with Crippen LogP contribution in [-0.4, -0.2) is 38.6 Å². The normalized spacial score (nSPS) is 10.0. The lowest BCUT2D eigenvalue weighted by Gasteiger charge is -2.11. The van der Waals surface area contributed by atoms with E-state index in [4.69, 9.17) is 31.5 Å². The van der Waals surface area contributed by atoms with Gasteiger partial charge >= 0.3 is 5.97 Å². The highest BCUT2D eigenvalue weighted by molar-refractivity contribution is 6.32. The molecule has 8 nitrogen and oxygen atoms in total. The molecule has 2 aromatic rings. The summed E-state index contributed by atoms with van der Waals surface area (Å²) in [6, 6.07) is 8.70. The van der Waals surface area contributed by atoms with Crippen molar-refractivity contribution in [2.75, 3.05) is 26.1 Å². The van der Waals surface area contributed by atoms with Gasteiger partial charge in [-0.15, -0.1) is 0 Å². The van der Waals surface area contributed by atoms with Gasteiger partial charge in [0.15, 0.2) is 18.1 Å². The smallest absolute Gasteiger partial charge is 0.338 e. The number of esters is 1. The van der Waals surface area contributed by atoms with Gasteiger partial charge in [-0.3, -0.25) is 9.59 Å². The maximum atomic E-state index is 12.1. The van der Waals surface area contributed by atoms with Crippen LogP contribution < -0.4 is 20.5 Å². The molecule has 2 amide bonds. The molecule has 0 heterocycles. The molecule has 0 spiro atoms. The van der Waals surface area contributed by atoms with Gasteiger partial charge in [0.2, 0.25) is 5.91 Å². The number of carbonyl (C=O) groups excluding carboxylic acids is 3. The zero-order valence-corrected chi connectivity index (χ0v) is 15.3. The summed E-state index contributed by atoms with van der Waals surface area (Å²) in [4.78, 5) is 35.0. The van der Waals surface area contributed by atoms with Crippen LogP contribution in [0, 0.1) is 0 Å². The molecule has 3 N–H and O–H groups in total. The lowest BCUT2D eigenvalue weighted by molar-refractivity contribution is -0.119. The van der Waals surface area contributed by atoms with Crippen LogP contribution in [0.5, 0.6) is 11.5 Å². The van der Waals surface area contributed by atoms with Gasteiger partial charge in [0.1, 0.15) is 0 Å². The van der Waals surface area contributed by atoms with E-state index in [9.17, 15) is 14.4 Å². The predicted octanol–water partition coefficient (Wildman–Crippen LogP) is 2.25. The lowest BCUT2D eigenvalue weighted by atomic mass is 10.2. The molecule has 0 fully saturated rings. The third-order valence-corrected chi connectivity index (χ3v) is 3.74. The molecule has 0 atom stereocenters. The van der Waals surface area contributed by atoms with Gasteiger partial charge in [0.25, 0.3) is 5.91 Å². The summed E-state index contributed by atoms with van der Waals surface area (Å²) in [5.74, 6) is -1.34. The Morgan fingerprint density at radius 2 is 1.70 bits per heavy atom. The largest absolute Gasteiger partial charge is 0.493 e. The molecule has 0 aliphatic carbocycles. The average molecular weight is 393 g/mol. The van der Waals surface area contributed by atoms with E-state index in [0.29, 0.717) is 11.3 Å². The van der Waals surface area contributed by atoms with Gasteiger partial charge in [0, 0.05) is 11.3 Å². The van der Waals surface area contributed by atoms with E-state index in [1.165, 1.54) is 50.6 Å². The number of methoxy groups -OCH3 is 2. The second-order valence-electron chi connectivity index (χ2n) is 5.26. The summed E-state index contributed by atoms with van der Waals surface area (Å²) in [6.45, 7) is -0.512. The van der Waals surface area contributed by atoms with Gasteiger partial charge in [-0.1, -0.05) is 11.6 Å². The van der Waals surface area contributed by atoms with E-state index in [-0.39, 0.29) is 22.1 Å². The first-order valence-corrected chi connectivity index (χ1v) is 8.02. The first-order chi connectivity index (χ1) is 12.8. The number of rotatable bonds is 7. The minimum absolute atomic E-state index is 0.108. The average Bonchev–Trinajstić information content (AvgIpc) is 2.65. The van der Waals surface area contributed by atoms with Gasteiger partial charge in [-0.25, -0.2) is 4.79 Å². The van der Waals surface area contributed by atoms with Crippen LogP contribution in [0.25, 0.3) is 0 Å².